The van der Waals surface area contributed by atoms with Gasteiger partial charge in [0.1, 0.15) is 11.5 Å². The Labute approximate surface area is 145 Å². The molecule has 0 radical (unpaired) electrons. The maximum atomic E-state index is 9.34. The minimum atomic E-state index is -0.0915. The van der Waals surface area contributed by atoms with Gasteiger partial charge in [0.2, 0.25) is 0 Å². The van der Waals surface area contributed by atoms with Crippen LogP contribution in [0.15, 0.2) is 42.5 Å². The lowest BCUT2D eigenvalue weighted by atomic mass is 10.1. The molecule has 0 fully saturated rings. The summed E-state index contributed by atoms with van der Waals surface area (Å²) >= 11 is 0. The number of para-hydroxylation sites is 1. The molecule has 0 saturated carbocycles. The Kier molecular flexibility index (Phi) is 9.62. The molecule has 0 amide bonds. The highest BCUT2D eigenvalue weighted by molar-refractivity contribution is 5.35. The van der Waals surface area contributed by atoms with Crippen LogP contribution in [-0.2, 0) is 19.4 Å². The predicted molar refractivity (Wildman–Crippen MR) is 99.4 cm³/mol. The van der Waals surface area contributed by atoms with Crippen LogP contribution in [0, 0.1) is 0 Å². The fraction of sp³-hybridized carbons (Fsp3) is 0.429. The molecular formula is C21H30O3. The third-order valence-corrected chi connectivity index (χ3v) is 3.92. The van der Waals surface area contributed by atoms with Crippen LogP contribution < -0.4 is 0 Å². The molecule has 0 aliphatic carbocycles. The summed E-state index contributed by atoms with van der Waals surface area (Å²) in [6.07, 6.45) is 6.64. The lowest BCUT2D eigenvalue weighted by Gasteiger charge is -2.04. The third kappa shape index (κ3) is 7.05. The Morgan fingerprint density at radius 3 is 2.00 bits per heavy atom. The number of rotatable bonds is 7. The van der Waals surface area contributed by atoms with Gasteiger partial charge in [-0.15, -0.1) is 0 Å². The van der Waals surface area contributed by atoms with Crippen LogP contribution in [0.5, 0.6) is 11.5 Å². The Morgan fingerprint density at radius 1 is 0.750 bits per heavy atom. The van der Waals surface area contributed by atoms with Crippen LogP contribution in [0.1, 0.15) is 56.2 Å². The molecule has 2 aromatic carbocycles. The summed E-state index contributed by atoms with van der Waals surface area (Å²) in [6, 6.07) is 13.0. The average molecular weight is 330 g/mol. The van der Waals surface area contributed by atoms with Gasteiger partial charge >= 0.3 is 0 Å². The second-order valence-electron chi connectivity index (χ2n) is 5.96. The molecule has 0 spiro atoms. The fourth-order valence-corrected chi connectivity index (χ4v) is 2.39. The van der Waals surface area contributed by atoms with E-state index in [4.69, 9.17) is 5.11 Å². The van der Waals surface area contributed by atoms with Crippen molar-refractivity contribution in [1.29, 1.82) is 0 Å². The van der Waals surface area contributed by atoms with Crippen molar-refractivity contribution in [3.63, 3.8) is 0 Å². The van der Waals surface area contributed by atoms with Crippen molar-refractivity contribution >= 4 is 0 Å². The number of aliphatic hydroxyl groups excluding tert-OH is 1. The first-order chi connectivity index (χ1) is 11.6. The van der Waals surface area contributed by atoms with E-state index in [0.29, 0.717) is 11.3 Å². The van der Waals surface area contributed by atoms with Gasteiger partial charge in [0, 0.05) is 5.56 Å². The zero-order valence-electron chi connectivity index (χ0n) is 14.8. The van der Waals surface area contributed by atoms with Crippen molar-refractivity contribution in [2.24, 2.45) is 0 Å². The quantitative estimate of drug-likeness (QED) is 0.672. The normalized spacial score (nSPS) is 10.1. The van der Waals surface area contributed by atoms with E-state index in [1.807, 2.05) is 30.3 Å². The zero-order valence-corrected chi connectivity index (χ0v) is 14.8. The molecule has 0 atom stereocenters. The molecule has 0 aliphatic rings. The number of phenolic OH excluding ortho intramolecular Hbond substituents is 1. The monoisotopic (exact) mass is 330 g/mol. The Bertz CT molecular complexity index is 593. The van der Waals surface area contributed by atoms with Gasteiger partial charge in [0.15, 0.2) is 0 Å². The van der Waals surface area contributed by atoms with E-state index in [-0.39, 0.29) is 12.4 Å². The first-order valence-corrected chi connectivity index (χ1v) is 8.80. The Balaban J connectivity index is 0.000000243. The number of hydrogen-bond donors (Lipinski definition) is 3. The summed E-state index contributed by atoms with van der Waals surface area (Å²) in [4.78, 5) is 0. The van der Waals surface area contributed by atoms with Crippen LogP contribution in [-0.4, -0.2) is 15.3 Å². The first kappa shape index (κ1) is 20.0. The largest absolute Gasteiger partial charge is 0.508 e. The van der Waals surface area contributed by atoms with Crippen molar-refractivity contribution < 1.29 is 15.3 Å². The fourth-order valence-electron chi connectivity index (χ4n) is 2.39. The summed E-state index contributed by atoms with van der Waals surface area (Å²) in [5.41, 5.74) is 2.87. The molecule has 0 unspecified atom stereocenters. The van der Waals surface area contributed by atoms with E-state index >= 15 is 0 Å². The number of benzene rings is 2. The number of unbranched alkanes of at least 4 members (excludes halogenated alkanes) is 2. The molecule has 3 nitrogen and oxygen atoms in total. The molecule has 0 aromatic heterocycles. The van der Waals surface area contributed by atoms with E-state index in [1.54, 1.807) is 12.1 Å². The number of phenols is 2. The van der Waals surface area contributed by atoms with E-state index in [9.17, 15) is 10.2 Å². The lowest BCUT2D eigenvalue weighted by molar-refractivity contribution is 0.275. The summed E-state index contributed by atoms with van der Waals surface area (Å²) in [6.45, 7) is 4.21. The summed E-state index contributed by atoms with van der Waals surface area (Å²) in [5.74, 6) is 0.615. The molecule has 0 aliphatic heterocycles. The van der Waals surface area contributed by atoms with Gasteiger partial charge in [-0.2, -0.15) is 0 Å². The van der Waals surface area contributed by atoms with Gasteiger partial charge in [0.05, 0.1) is 6.61 Å². The van der Waals surface area contributed by atoms with E-state index in [1.165, 1.54) is 12.0 Å². The highest BCUT2D eigenvalue weighted by Crippen LogP contribution is 2.19. The first-order valence-electron chi connectivity index (χ1n) is 8.80. The predicted octanol–water partition coefficient (Wildman–Crippen LogP) is 4.96. The summed E-state index contributed by atoms with van der Waals surface area (Å²) in [7, 11) is 0. The zero-order chi connectivity index (χ0) is 17.8. The average Bonchev–Trinajstić information content (AvgIpc) is 2.61. The minimum Gasteiger partial charge on any atom is -0.508 e. The van der Waals surface area contributed by atoms with Gasteiger partial charge in [-0.25, -0.2) is 0 Å². The molecule has 24 heavy (non-hydrogen) atoms. The van der Waals surface area contributed by atoms with Crippen molar-refractivity contribution in [3.05, 3.63) is 59.2 Å². The number of hydrogen-bond acceptors (Lipinski definition) is 3. The van der Waals surface area contributed by atoms with Crippen LogP contribution in [0.2, 0.25) is 0 Å². The Morgan fingerprint density at radius 2 is 1.38 bits per heavy atom. The molecular weight excluding hydrogens is 300 g/mol. The van der Waals surface area contributed by atoms with Crippen LogP contribution in [0.4, 0.5) is 0 Å². The summed E-state index contributed by atoms with van der Waals surface area (Å²) in [5, 5.41) is 27.5. The van der Waals surface area contributed by atoms with Gasteiger partial charge < -0.3 is 15.3 Å². The van der Waals surface area contributed by atoms with E-state index in [0.717, 1.165) is 37.7 Å². The molecule has 2 aromatic rings. The lowest BCUT2D eigenvalue weighted by Crippen LogP contribution is -1.89. The maximum Gasteiger partial charge on any atom is 0.121 e. The molecule has 0 bridgehead atoms. The maximum absolute atomic E-state index is 9.34. The standard InChI is InChI=1S/C11H16O2.C10H14O/c1-2-3-4-9-5-6-11(13)10(7-9)8-12;1-2-3-6-9-7-4-5-8-10(9)11/h5-7,12-13H,2-4,8H2,1H3;4-5,7-8,11H,2-3,6H2,1H3. The van der Waals surface area contributed by atoms with Crippen molar-refractivity contribution in [2.45, 2.75) is 59.0 Å². The highest BCUT2D eigenvalue weighted by atomic mass is 16.3. The van der Waals surface area contributed by atoms with Crippen LogP contribution in [0.25, 0.3) is 0 Å². The van der Waals surface area contributed by atoms with Crippen LogP contribution >= 0.6 is 0 Å². The third-order valence-electron chi connectivity index (χ3n) is 3.92. The van der Waals surface area contributed by atoms with Gasteiger partial charge in [-0.05, 0) is 55.0 Å². The molecule has 0 heterocycles. The van der Waals surface area contributed by atoms with E-state index in [2.05, 4.69) is 13.8 Å². The number of aryl methyl sites for hydroxylation is 2. The molecule has 3 heteroatoms. The molecule has 0 saturated heterocycles. The van der Waals surface area contributed by atoms with Crippen molar-refractivity contribution in [3.8, 4) is 11.5 Å². The second-order valence-corrected chi connectivity index (χ2v) is 5.96. The van der Waals surface area contributed by atoms with Gasteiger partial charge in [-0.3, -0.25) is 0 Å². The molecule has 132 valence electrons. The van der Waals surface area contributed by atoms with Gasteiger partial charge in [-0.1, -0.05) is 51.0 Å². The van der Waals surface area contributed by atoms with Crippen molar-refractivity contribution in [1.82, 2.24) is 0 Å². The number of aliphatic hydroxyl groups is 1. The second kappa shape index (κ2) is 11.5. The van der Waals surface area contributed by atoms with Crippen LogP contribution in [0.3, 0.4) is 0 Å². The van der Waals surface area contributed by atoms with Gasteiger partial charge in [0.25, 0.3) is 0 Å². The molecule has 2 rings (SSSR count). The SMILES string of the molecule is CCCCc1ccc(O)c(CO)c1.CCCCc1ccccc1O. The minimum absolute atomic E-state index is 0.0915. The topological polar surface area (TPSA) is 60.7 Å². The molecule has 3 N–H and O–H groups in total. The Hall–Kier alpha value is -2.00. The summed E-state index contributed by atoms with van der Waals surface area (Å²) < 4.78 is 0. The highest BCUT2D eigenvalue weighted by Gasteiger charge is 2.00. The van der Waals surface area contributed by atoms with Crippen molar-refractivity contribution in [2.75, 3.05) is 0 Å². The smallest absolute Gasteiger partial charge is 0.121 e. The number of aromatic hydroxyl groups is 2. The van der Waals surface area contributed by atoms with E-state index < -0.39 is 0 Å².